The maximum Gasteiger partial charge on any atom is 0.315 e. The molecule has 2 rings (SSSR count). The molecule has 0 unspecified atom stereocenters. The molecule has 1 amide bonds. The first-order chi connectivity index (χ1) is 9.99. The molecule has 0 bridgehead atoms. The highest BCUT2D eigenvalue weighted by molar-refractivity contribution is 5.97. The zero-order valence-corrected chi connectivity index (χ0v) is 11.1. The third kappa shape index (κ3) is 2.45. The van der Waals surface area contributed by atoms with Gasteiger partial charge in [0.25, 0.3) is 5.91 Å². The largest absolute Gasteiger partial charge is 0.493 e. The van der Waals surface area contributed by atoms with E-state index < -0.39 is 10.8 Å². The van der Waals surface area contributed by atoms with Crippen molar-refractivity contribution in [3.8, 4) is 22.8 Å². The van der Waals surface area contributed by atoms with Gasteiger partial charge in [-0.2, -0.15) is 15.4 Å². The van der Waals surface area contributed by atoms with Gasteiger partial charge in [0, 0.05) is 11.6 Å². The third-order valence-corrected chi connectivity index (χ3v) is 2.71. The second kappa shape index (κ2) is 5.45. The molecule has 1 heterocycles. The number of aromatic amines is 1. The Kier molecular flexibility index (Phi) is 3.69. The van der Waals surface area contributed by atoms with E-state index in [1.165, 1.54) is 26.4 Å². The number of hydrogen-bond acceptors (Lipinski definition) is 7. The molecule has 2 aromatic rings. The number of hydrogen-bond donors (Lipinski definition) is 2. The van der Waals surface area contributed by atoms with Gasteiger partial charge in [-0.1, -0.05) is 0 Å². The number of carbonyl (C=O) groups excluding carboxylic acids is 1. The van der Waals surface area contributed by atoms with E-state index in [1.807, 2.05) is 0 Å². The van der Waals surface area contributed by atoms with Crippen molar-refractivity contribution in [2.24, 2.45) is 5.73 Å². The topological polar surface area (TPSA) is 146 Å². The number of carbonyl (C=O) groups is 1. The Balaban J connectivity index is 2.70. The lowest BCUT2D eigenvalue weighted by molar-refractivity contribution is -0.385. The van der Waals surface area contributed by atoms with Crippen molar-refractivity contribution >= 4 is 11.6 Å². The Hall–Kier alpha value is -3.17. The maximum atomic E-state index is 11.3. The molecule has 1 aromatic heterocycles. The molecule has 10 nitrogen and oxygen atoms in total. The fraction of sp³-hybridized carbons (Fsp3) is 0.182. The van der Waals surface area contributed by atoms with Crippen molar-refractivity contribution in [1.82, 2.24) is 15.4 Å². The van der Waals surface area contributed by atoms with E-state index in [9.17, 15) is 14.9 Å². The molecule has 21 heavy (non-hydrogen) atoms. The van der Waals surface area contributed by atoms with E-state index in [2.05, 4.69) is 15.4 Å². The summed E-state index contributed by atoms with van der Waals surface area (Å²) in [5.74, 6) is -0.716. The van der Waals surface area contributed by atoms with Crippen molar-refractivity contribution in [2.75, 3.05) is 14.2 Å². The number of nitrogens with two attached hydrogens (primary N) is 1. The predicted octanol–water partition coefficient (Wildman–Crippen LogP) is 0.496. The van der Waals surface area contributed by atoms with Gasteiger partial charge < -0.3 is 15.2 Å². The molecular weight excluding hydrogens is 282 g/mol. The minimum absolute atomic E-state index is 0.0321. The van der Waals surface area contributed by atoms with Gasteiger partial charge in [0.15, 0.2) is 11.4 Å². The molecule has 10 heteroatoms. The van der Waals surface area contributed by atoms with Gasteiger partial charge >= 0.3 is 5.69 Å². The highest BCUT2D eigenvalue weighted by Gasteiger charge is 2.25. The summed E-state index contributed by atoms with van der Waals surface area (Å²) in [6.45, 7) is 0. The van der Waals surface area contributed by atoms with Crippen molar-refractivity contribution in [3.63, 3.8) is 0 Å². The fourth-order valence-electron chi connectivity index (χ4n) is 1.82. The Bertz CT molecular complexity index is 711. The van der Waals surface area contributed by atoms with Crippen molar-refractivity contribution in [3.05, 3.63) is 27.9 Å². The number of nitrogens with zero attached hydrogens (tertiary/aromatic N) is 3. The number of aromatic nitrogens is 3. The van der Waals surface area contributed by atoms with Crippen LogP contribution in [0.5, 0.6) is 11.5 Å². The molecule has 0 aliphatic heterocycles. The summed E-state index contributed by atoms with van der Waals surface area (Å²) in [6, 6.07) is 2.64. The van der Waals surface area contributed by atoms with Crippen LogP contribution in [-0.2, 0) is 0 Å². The van der Waals surface area contributed by atoms with Gasteiger partial charge in [0.1, 0.15) is 5.69 Å². The van der Waals surface area contributed by atoms with Crippen LogP contribution in [0.25, 0.3) is 11.3 Å². The smallest absolute Gasteiger partial charge is 0.315 e. The lowest BCUT2D eigenvalue weighted by Crippen LogP contribution is -2.12. The standard InChI is InChI=1S/C11H11N5O5/c1-20-7-4-5(3-6(16(18)19)10(7)21-2)8-9(11(12)17)14-15-13-8/h3-4H,1-2H3,(H2,12,17)(H,13,14,15). The van der Waals surface area contributed by atoms with Crippen molar-refractivity contribution in [1.29, 1.82) is 0 Å². The van der Waals surface area contributed by atoms with Crippen LogP contribution in [0.2, 0.25) is 0 Å². The molecule has 0 radical (unpaired) electrons. The number of methoxy groups -OCH3 is 2. The summed E-state index contributed by atoms with van der Waals surface area (Å²) in [5, 5.41) is 20.8. The molecular formula is C11H11N5O5. The van der Waals surface area contributed by atoms with E-state index in [4.69, 9.17) is 15.2 Å². The molecule has 0 aliphatic carbocycles. The third-order valence-electron chi connectivity index (χ3n) is 2.71. The van der Waals surface area contributed by atoms with E-state index in [0.717, 1.165) is 0 Å². The Morgan fingerprint density at radius 1 is 1.33 bits per heavy atom. The number of ether oxygens (including phenoxy) is 2. The molecule has 110 valence electrons. The van der Waals surface area contributed by atoms with E-state index in [1.54, 1.807) is 0 Å². The highest BCUT2D eigenvalue weighted by Crippen LogP contribution is 2.40. The molecule has 0 atom stereocenters. The zero-order chi connectivity index (χ0) is 15.6. The number of primary amides is 1. The molecule has 3 N–H and O–H groups in total. The fourth-order valence-corrected chi connectivity index (χ4v) is 1.82. The molecule has 0 fully saturated rings. The van der Waals surface area contributed by atoms with Crippen LogP contribution in [0.1, 0.15) is 10.5 Å². The number of amides is 1. The van der Waals surface area contributed by atoms with Gasteiger partial charge in [0.2, 0.25) is 5.75 Å². The van der Waals surface area contributed by atoms with Gasteiger partial charge in [0.05, 0.1) is 19.1 Å². The lowest BCUT2D eigenvalue weighted by Gasteiger charge is -2.09. The average molecular weight is 293 g/mol. The average Bonchev–Trinajstić information content (AvgIpc) is 2.95. The van der Waals surface area contributed by atoms with Crippen LogP contribution in [0.3, 0.4) is 0 Å². The second-order valence-corrected chi connectivity index (χ2v) is 3.87. The highest BCUT2D eigenvalue weighted by atomic mass is 16.6. The van der Waals surface area contributed by atoms with E-state index in [0.29, 0.717) is 0 Å². The van der Waals surface area contributed by atoms with E-state index in [-0.39, 0.29) is 34.1 Å². The minimum Gasteiger partial charge on any atom is -0.493 e. The van der Waals surface area contributed by atoms with Crippen LogP contribution in [0, 0.1) is 10.1 Å². The predicted molar refractivity (Wildman–Crippen MR) is 70.1 cm³/mol. The summed E-state index contributed by atoms with van der Waals surface area (Å²) >= 11 is 0. The van der Waals surface area contributed by atoms with Gasteiger partial charge in [-0.25, -0.2) is 0 Å². The SMILES string of the molecule is COc1cc(-c2n[nH]nc2C(N)=O)cc([N+](=O)[O-])c1OC. The van der Waals surface area contributed by atoms with Crippen LogP contribution >= 0.6 is 0 Å². The van der Waals surface area contributed by atoms with E-state index >= 15 is 0 Å². The Morgan fingerprint density at radius 2 is 2.05 bits per heavy atom. The number of benzene rings is 1. The minimum atomic E-state index is -0.809. The van der Waals surface area contributed by atoms with Crippen LogP contribution < -0.4 is 15.2 Å². The maximum absolute atomic E-state index is 11.3. The molecule has 1 aromatic carbocycles. The number of nitrogens with one attached hydrogen (secondary N) is 1. The molecule has 0 saturated carbocycles. The first-order valence-corrected chi connectivity index (χ1v) is 5.61. The number of nitro groups is 1. The normalized spacial score (nSPS) is 10.2. The molecule has 0 aliphatic rings. The second-order valence-electron chi connectivity index (χ2n) is 3.87. The van der Waals surface area contributed by atoms with Gasteiger partial charge in [-0.15, -0.1) is 0 Å². The van der Waals surface area contributed by atoms with Gasteiger partial charge in [-0.05, 0) is 6.07 Å². The van der Waals surface area contributed by atoms with Crippen molar-refractivity contribution < 1.29 is 19.2 Å². The van der Waals surface area contributed by atoms with Crippen LogP contribution in [-0.4, -0.2) is 40.5 Å². The summed E-state index contributed by atoms with van der Waals surface area (Å²) in [6.07, 6.45) is 0. The van der Waals surface area contributed by atoms with Crippen LogP contribution in [0.4, 0.5) is 5.69 Å². The lowest BCUT2D eigenvalue weighted by atomic mass is 10.1. The number of rotatable bonds is 5. The molecule has 0 saturated heterocycles. The Labute approximate surface area is 118 Å². The Morgan fingerprint density at radius 3 is 2.57 bits per heavy atom. The monoisotopic (exact) mass is 293 g/mol. The quantitative estimate of drug-likeness (QED) is 0.602. The van der Waals surface area contributed by atoms with Crippen molar-refractivity contribution in [2.45, 2.75) is 0 Å². The first-order valence-electron chi connectivity index (χ1n) is 5.61. The first kappa shape index (κ1) is 14.2. The number of H-pyrrole nitrogens is 1. The summed E-state index contributed by atoms with van der Waals surface area (Å²) in [7, 11) is 2.62. The zero-order valence-electron chi connectivity index (χ0n) is 11.1. The van der Waals surface area contributed by atoms with Gasteiger partial charge in [-0.3, -0.25) is 14.9 Å². The summed E-state index contributed by atoms with van der Waals surface area (Å²) in [4.78, 5) is 21.8. The molecule has 0 spiro atoms. The summed E-state index contributed by atoms with van der Waals surface area (Å²) < 4.78 is 10.0. The van der Waals surface area contributed by atoms with Crippen LogP contribution in [0.15, 0.2) is 12.1 Å². The summed E-state index contributed by atoms with van der Waals surface area (Å²) in [5.41, 5.74) is 5.05. The number of nitro benzene ring substituents is 1.